The second-order valence-corrected chi connectivity index (χ2v) is 12.2. The average Bonchev–Trinajstić information content (AvgIpc) is 2.88. The van der Waals surface area contributed by atoms with Gasteiger partial charge in [0.2, 0.25) is 0 Å². The molecule has 226 valence electrons. The van der Waals surface area contributed by atoms with Gasteiger partial charge in [0.15, 0.2) is 0 Å². The number of carboxylic acids is 1. The predicted octanol–water partition coefficient (Wildman–Crippen LogP) is 8.77. The van der Waals surface area contributed by atoms with E-state index in [9.17, 15) is 31.1 Å². The molecule has 1 fully saturated rings. The highest BCUT2D eigenvalue weighted by Crippen LogP contribution is 2.45. The van der Waals surface area contributed by atoms with Gasteiger partial charge in [-0.15, -0.1) is 0 Å². The van der Waals surface area contributed by atoms with Crippen LogP contribution in [0.5, 0.6) is 5.75 Å². The molecule has 2 unspecified atom stereocenters. The number of nitrogens with zero attached hydrogens (tertiary/aromatic N) is 1. The van der Waals surface area contributed by atoms with Gasteiger partial charge in [-0.3, -0.25) is 9.69 Å². The number of ether oxygens (including phenoxy) is 1. The van der Waals surface area contributed by atoms with Gasteiger partial charge in [0.1, 0.15) is 11.3 Å². The number of alkyl halides is 6. The summed E-state index contributed by atoms with van der Waals surface area (Å²) in [6, 6.07) is 7.68. The van der Waals surface area contributed by atoms with Crippen LogP contribution in [0.2, 0.25) is 0 Å². The zero-order valence-corrected chi connectivity index (χ0v) is 23.5. The second-order valence-electron chi connectivity index (χ2n) is 12.2. The fourth-order valence-electron chi connectivity index (χ4n) is 6.00. The summed E-state index contributed by atoms with van der Waals surface area (Å²) in [5, 5.41) is 9.43. The number of carboxylic acid groups (broad SMARTS) is 1. The first kappa shape index (κ1) is 31.2. The molecule has 4 nitrogen and oxygen atoms in total. The molecule has 0 heterocycles. The van der Waals surface area contributed by atoms with E-state index in [0.717, 1.165) is 18.4 Å². The molecule has 0 aromatic heterocycles. The molecule has 0 amide bonds. The normalized spacial score (nSPS) is 27.4. The lowest BCUT2D eigenvalue weighted by molar-refractivity contribution is -0.185. The molecule has 2 aliphatic carbocycles. The quantitative estimate of drug-likeness (QED) is 0.249. The summed E-state index contributed by atoms with van der Waals surface area (Å²) in [7, 11) is 1.96. The van der Waals surface area contributed by atoms with Crippen molar-refractivity contribution in [1.82, 2.24) is 4.90 Å². The van der Waals surface area contributed by atoms with Crippen LogP contribution in [0.25, 0.3) is 10.8 Å². The van der Waals surface area contributed by atoms with Crippen molar-refractivity contribution in [3.05, 3.63) is 53.6 Å². The van der Waals surface area contributed by atoms with Crippen LogP contribution in [-0.2, 0) is 17.5 Å². The van der Waals surface area contributed by atoms with E-state index in [1.165, 1.54) is 12.1 Å². The molecule has 0 aliphatic heterocycles. The Morgan fingerprint density at radius 1 is 1.00 bits per heavy atom. The van der Waals surface area contributed by atoms with Crippen molar-refractivity contribution < 1.29 is 41.0 Å². The van der Waals surface area contributed by atoms with Crippen molar-refractivity contribution in [2.24, 2.45) is 11.3 Å². The molecule has 2 aromatic carbocycles. The molecule has 0 bridgehead atoms. The molecule has 2 aliphatic rings. The molecule has 0 radical (unpaired) electrons. The van der Waals surface area contributed by atoms with Gasteiger partial charge in [-0.2, -0.15) is 26.3 Å². The standard InChI is InChI=1S/C31H37F6NO3/c1-28(13-12-26(39)40)14-16-29(2,17-15-28)38(3)19-20-4-10-24-21(18-20)5-11-25(27(24)31(35,36)37)41-23-8-6-22(7-9-23)30(32,33)34/h4-5,10-11,14,16,18,22-23H,6-9,12-13,15,17,19H2,1-3H3,(H,39,40). The summed E-state index contributed by atoms with van der Waals surface area (Å²) < 4.78 is 87.4. The number of allylic oxidation sites excluding steroid dienone is 1. The van der Waals surface area contributed by atoms with Crippen LogP contribution in [-0.4, -0.2) is 40.8 Å². The number of fused-ring (bicyclic) bond motifs is 1. The largest absolute Gasteiger partial charge is 0.490 e. The Bertz CT molecular complexity index is 1280. The van der Waals surface area contributed by atoms with E-state index < -0.39 is 35.9 Å². The number of halogens is 6. The zero-order chi connectivity index (χ0) is 30.2. The molecule has 0 saturated heterocycles. The molecule has 10 heteroatoms. The Morgan fingerprint density at radius 3 is 2.24 bits per heavy atom. The number of carbonyl (C=O) groups is 1. The van der Waals surface area contributed by atoms with E-state index in [1.54, 1.807) is 18.2 Å². The monoisotopic (exact) mass is 585 g/mol. The number of aliphatic carboxylic acids is 1. The van der Waals surface area contributed by atoms with Crippen molar-refractivity contribution in [3.63, 3.8) is 0 Å². The molecule has 41 heavy (non-hydrogen) atoms. The van der Waals surface area contributed by atoms with Crippen LogP contribution in [0.1, 0.15) is 76.3 Å². The first-order chi connectivity index (χ1) is 19.0. The van der Waals surface area contributed by atoms with Crippen molar-refractivity contribution in [3.8, 4) is 5.75 Å². The number of likely N-dealkylation sites (N-methyl/N-ethyl adjacent to an activating group) is 1. The minimum Gasteiger partial charge on any atom is -0.490 e. The highest BCUT2D eigenvalue weighted by Gasteiger charge is 2.43. The number of hydrogen-bond acceptors (Lipinski definition) is 3. The van der Waals surface area contributed by atoms with Crippen LogP contribution in [0.15, 0.2) is 42.5 Å². The smallest absolute Gasteiger partial charge is 0.420 e. The van der Waals surface area contributed by atoms with Crippen LogP contribution in [0.4, 0.5) is 26.3 Å². The Labute approximate surface area is 236 Å². The van der Waals surface area contributed by atoms with Gasteiger partial charge in [-0.25, -0.2) is 0 Å². The van der Waals surface area contributed by atoms with Crippen molar-refractivity contribution in [2.45, 2.75) is 95.8 Å². The number of rotatable bonds is 8. The Balaban J connectivity index is 1.51. The van der Waals surface area contributed by atoms with Crippen LogP contribution in [0.3, 0.4) is 0 Å². The van der Waals surface area contributed by atoms with E-state index in [0.29, 0.717) is 18.4 Å². The van der Waals surface area contributed by atoms with Gasteiger partial charge in [-0.05, 0) is 92.8 Å². The number of benzene rings is 2. The third kappa shape index (κ3) is 7.37. The SMILES string of the molecule is CN(Cc1ccc2c(C(F)(F)F)c(OC3CCC(C(F)(F)F)CC3)ccc2c1)C1(C)C=CC(C)(CCC(=O)O)CC1. The highest BCUT2D eigenvalue weighted by molar-refractivity contribution is 5.89. The Morgan fingerprint density at radius 2 is 1.68 bits per heavy atom. The summed E-state index contributed by atoms with van der Waals surface area (Å²) in [5.74, 6) is -2.61. The van der Waals surface area contributed by atoms with Crippen molar-refractivity contribution in [2.75, 3.05) is 7.05 Å². The lowest BCUT2D eigenvalue weighted by Gasteiger charge is -2.43. The van der Waals surface area contributed by atoms with E-state index >= 15 is 0 Å². The fraction of sp³-hybridized carbons (Fsp3) is 0.581. The number of hydrogen-bond donors (Lipinski definition) is 1. The van der Waals surface area contributed by atoms with Gasteiger partial charge in [0, 0.05) is 18.5 Å². The molecule has 4 rings (SSSR count). The third-order valence-corrected chi connectivity index (χ3v) is 9.01. The zero-order valence-electron chi connectivity index (χ0n) is 23.5. The van der Waals surface area contributed by atoms with E-state index in [1.807, 2.05) is 7.05 Å². The third-order valence-electron chi connectivity index (χ3n) is 9.01. The van der Waals surface area contributed by atoms with Crippen LogP contribution >= 0.6 is 0 Å². The molecule has 2 aromatic rings. The first-order valence-corrected chi connectivity index (χ1v) is 14.0. The average molecular weight is 586 g/mol. The van der Waals surface area contributed by atoms with E-state index in [-0.39, 0.29) is 54.2 Å². The molecule has 1 saturated carbocycles. The van der Waals surface area contributed by atoms with E-state index in [4.69, 9.17) is 9.84 Å². The van der Waals surface area contributed by atoms with Crippen LogP contribution < -0.4 is 4.74 Å². The lowest BCUT2D eigenvalue weighted by Crippen LogP contribution is -2.44. The maximum atomic E-state index is 14.2. The minimum atomic E-state index is -4.70. The van der Waals surface area contributed by atoms with Gasteiger partial charge in [0.25, 0.3) is 0 Å². The maximum absolute atomic E-state index is 14.2. The molecule has 2 atom stereocenters. The highest BCUT2D eigenvalue weighted by atomic mass is 19.4. The molecule has 0 spiro atoms. The summed E-state index contributed by atoms with van der Waals surface area (Å²) in [6.07, 6.45) is -3.42. The van der Waals surface area contributed by atoms with Gasteiger partial charge < -0.3 is 9.84 Å². The molecular weight excluding hydrogens is 548 g/mol. The summed E-state index contributed by atoms with van der Waals surface area (Å²) in [4.78, 5) is 13.1. The van der Waals surface area contributed by atoms with Gasteiger partial charge in [0.05, 0.1) is 12.0 Å². The molecule has 1 N–H and O–H groups in total. The lowest BCUT2D eigenvalue weighted by atomic mass is 9.71. The van der Waals surface area contributed by atoms with Crippen molar-refractivity contribution >= 4 is 16.7 Å². The Hall–Kier alpha value is -2.75. The van der Waals surface area contributed by atoms with Crippen LogP contribution in [0, 0.1) is 11.3 Å². The summed E-state index contributed by atoms with van der Waals surface area (Å²) in [6.45, 7) is 4.64. The van der Waals surface area contributed by atoms with Crippen molar-refractivity contribution in [1.29, 1.82) is 0 Å². The van der Waals surface area contributed by atoms with Gasteiger partial charge >= 0.3 is 18.3 Å². The molecular formula is C31H37F6NO3. The van der Waals surface area contributed by atoms with E-state index in [2.05, 4.69) is 30.9 Å². The Kier molecular flexibility index (Phi) is 8.75. The minimum absolute atomic E-state index is 0.0108. The maximum Gasteiger partial charge on any atom is 0.420 e. The summed E-state index contributed by atoms with van der Waals surface area (Å²) in [5.41, 5.74) is -0.554. The summed E-state index contributed by atoms with van der Waals surface area (Å²) >= 11 is 0. The second kappa shape index (κ2) is 11.5. The van der Waals surface area contributed by atoms with Gasteiger partial charge in [-0.1, -0.05) is 37.3 Å². The first-order valence-electron chi connectivity index (χ1n) is 14.0. The topological polar surface area (TPSA) is 49.8 Å². The predicted molar refractivity (Wildman–Crippen MR) is 145 cm³/mol. The fourth-order valence-corrected chi connectivity index (χ4v) is 6.00.